The van der Waals surface area contributed by atoms with Gasteiger partial charge in [-0.3, -0.25) is 0 Å². The second-order valence-corrected chi connectivity index (χ2v) is 3.64. The van der Waals surface area contributed by atoms with Crippen LogP contribution in [-0.2, 0) is 9.53 Å². The van der Waals surface area contributed by atoms with Gasteiger partial charge in [0.25, 0.3) is 0 Å². The van der Waals surface area contributed by atoms with Gasteiger partial charge in [-0.25, -0.2) is 4.79 Å². The van der Waals surface area contributed by atoms with Crippen molar-refractivity contribution in [3.05, 3.63) is 33.8 Å². The van der Waals surface area contributed by atoms with E-state index in [-0.39, 0.29) is 15.8 Å². The van der Waals surface area contributed by atoms with E-state index < -0.39 is 5.97 Å². The Kier molecular flexibility index (Phi) is 4.65. The van der Waals surface area contributed by atoms with Crippen LogP contribution >= 0.6 is 23.2 Å². The van der Waals surface area contributed by atoms with E-state index in [4.69, 9.17) is 27.9 Å². The lowest BCUT2D eigenvalue weighted by Crippen LogP contribution is -1.98. The van der Waals surface area contributed by atoms with Crippen molar-refractivity contribution < 1.29 is 14.6 Å². The van der Waals surface area contributed by atoms with Gasteiger partial charge in [-0.2, -0.15) is 0 Å². The molecule has 0 aliphatic heterocycles. The molecule has 0 spiro atoms. The molecule has 0 atom stereocenters. The van der Waals surface area contributed by atoms with Crippen molar-refractivity contribution in [1.82, 2.24) is 0 Å². The lowest BCUT2D eigenvalue weighted by atomic mass is 10.2. The van der Waals surface area contributed by atoms with Gasteiger partial charge in [-0.15, -0.1) is 0 Å². The van der Waals surface area contributed by atoms with Gasteiger partial charge in [0, 0.05) is 6.08 Å². The number of ether oxygens (including phenoxy) is 1. The molecule has 0 aliphatic rings. The molecule has 16 heavy (non-hydrogen) atoms. The van der Waals surface area contributed by atoms with Crippen LogP contribution in [0.2, 0.25) is 10.0 Å². The minimum Gasteiger partial charge on any atom is -0.506 e. The van der Waals surface area contributed by atoms with Gasteiger partial charge in [0.2, 0.25) is 0 Å². The molecule has 1 N–H and O–H groups in total. The van der Waals surface area contributed by atoms with Crippen LogP contribution in [-0.4, -0.2) is 17.7 Å². The summed E-state index contributed by atoms with van der Waals surface area (Å²) in [5.41, 5.74) is 0.539. The van der Waals surface area contributed by atoms with Crippen LogP contribution in [0.3, 0.4) is 0 Å². The first kappa shape index (κ1) is 12.9. The van der Waals surface area contributed by atoms with Crippen LogP contribution < -0.4 is 0 Å². The molecule has 3 nitrogen and oxygen atoms in total. The highest BCUT2D eigenvalue weighted by Crippen LogP contribution is 2.34. The number of phenols is 1. The SMILES string of the molecule is CCOC(=O)/C=C\c1ccc(O)c(Cl)c1Cl. The molecule has 0 saturated carbocycles. The van der Waals surface area contributed by atoms with Gasteiger partial charge in [-0.05, 0) is 30.7 Å². The number of carbonyl (C=O) groups excluding carboxylic acids is 1. The zero-order chi connectivity index (χ0) is 12.1. The molecule has 0 aliphatic carbocycles. The number of hydrogen-bond acceptors (Lipinski definition) is 3. The average molecular weight is 261 g/mol. The van der Waals surface area contributed by atoms with Crippen LogP contribution in [0.4, 0.5) is 0 Å². The zero-order valence-electron chi connectivity index (χ0n) is 8.54. The number of hydrogen-bond donors (Lipinski definition) is 1. The van der Waals surface area contributed by atoms with E-state index in [1.165, 1.54) is 18.2 Å². The van der Waals surface area contributed by atoms with Crippen LogP contribution in [0.1, 0.15) is 12.5 Å². The molecule has 0 aromatic heterocycles. The average Bonchev–Trinajstić information content (AvgIpc) is 2.25. The third kappa shape index (κ3) is 3.15. The standard InChI is InChI=1S/C11H10Cl2O3/c1-2-16-9(15)6-4-7-3-5-8(14)11(13)10(7)12/h3-6,14H,2H2,1H3/b6-4-. The molecule has 0 radical (unpaired) electrons. The largest absolute Gasteiger partial charge is 0.506 e. The van der Waals surface area contributed by atoms with Crippen LogP contribution in [0.15, 0.2) is 18.2 Å². The number of esters is 1. The summed E-state index contributed by atoms with van der Waals surface area (Å²) >= 11 is 11.6. The summed E-state index contributed by atoms with van der Waals surface area (Å²) in [4.78, 5) is 11.0. The zero-order valence-corrected chi connectivity index (χ0v) is 10.0. The Hall–Kier alpha value is -1.19. The number of carbonyl (C=O) groups is 1. The second-order valence-electron chi connectivity index (χ2n) is 2.89. The topological polar surface area (TPSA) is 46.5 Å². The van der Waals surface area contributed by atoms with Gasteiger partial charge in [0.15, 0.2) is 0 Å². The Labute approximate surface area is 103 Å². The third-order valence-corrected chi connectivity index (χ3v) is 2.66. The molecule has 0 bridgehead atoms. The predicted octanol–water partition coefficient (Wildman–Crippen LogP) is 3.28. The van der Waals surface area contributed by atoms with E-state index in [0.29, 0.717) is 12.2 Å². The minimum absolute atomic E-state index is 0.0627. The molecule has 0 heterocycles. The second kappa shape index (κ2) is 5.77. The Morgan fingerprint density at radius 2 is 2.12 bits per heavy atom. The van der Waals surface area contributed by atoms with Gasteiger partial charge in [0.1, 0.15) is 10.8 Å². The van der Waals surface area contributed by atoms with Gasteiger partial charge >= 0.3 is 5.97 Å². The lowest BCUT2D eigenvalue weighted by Gasteiger charge is -2.02. The van der Waals surface area contributed by atoms with E-state index in [2.05, 4.69) is 0 Å². The van der Waals surface area contributed by atoms with E-state index in [0.717, 1.165) is 0 Å². The molecular formula is C11H10Cl2O3. The minimum atomic E-state index is -0.456. The first-order chi connectivity index (χ1) is 7.56. The molecule has 0 fully saturated rings. The summed E-state index contributed by atoms with van der Waals surface area (Å²) in [5.74, 6) is -0.553. The molecule has 0 amide bonds. The first-order valence-electron chi connectivity index (χ1n) is 4.58. The van der Waals surface area contributed by atoms with Gasteiger partial charge < -0.3 is 9.84 Å². The van der Waals surface area contributed by atoms with Crippen LogP contribution in [0.25, 0.3) is 6.08 Å². The Morgan fingerprint density at radius 1 is 1.44 bits per heavy atom. The Balaban J connectivity index is 2.90. The van der Waals surface area contributed by atoms with E-state index in [9.17, 15) is 9.90 Å². The Morgan fingerprint density at radius 3 is 2.75 bits per heavy atom. The molecule has 1 aromatic rings. The molecule has 5 heteroatoms. The third-order valence-electron chi connectivity index (χ3n) is 1.78. The fourth-order valence-corrected chi connectivity index (χ4v) is 1.43. The maximum absolute atomic E-state index is 11.0. The van der Waals surface area contributed by atoms with Gasteiger partial charge in [-0.1, -0.05) is 23.2 Å². The van der Waals surface area contributed by atoms with Crippen LogP contribution in [0.5, 0.6) is 5.75 Å². The first-order valence-corrected chi connectivity index (χ1v) is 5.33. The van der Waals surface area contributed by atoms with Crippen molar-refractivity contribution in [1.29, 1.82) is 0 Å². The molecule has 1 aromatic carbocycles. The maximum atomic E-state index is 11.0. The number of rotatable bonds is 3. The highest BCUT2D eigenvalue weighted by molar-refractivity contribution is 6.43. The van der Waals surface area contributed by atoms with Gasteiger partial charge in [0.05, 0.1) is 11.6 Å². The maximum Gasteiger partial charge on any atom is 0.330 e. The summed E-state index contributed by atoms with van der Waals surface area (Å²) in [6.45, 7) is 2.03. The Bertz CT molecular complexity index is 427. The van der Waals surface area contributed by atoms with Crippen molar-refractivity contribution >= 4 is 35.2 Å². The number of aromatic hydroxyl groups is 1. The fourth-order valence-electron chi connectivity index (χ4n) is 1.03. The predicted molar refractivity (Wildman–Crippen MR) is 63.8 cm³/mol. The summed E-state index contributed by atoms with van der Waals surface area (Å²) in [5, 5.41) is 9.51. The van der Waals surface area contributed by atoms with Crippen molar-refractivity contribution in [2.45, 2.75) is 6.92 Å². The smallest absolute Gasteiger partial charge is 0.330 e. The molecule has 86 valence electrons. The van der Waals surface area contributed by atoms with Crippen molar-refractivity contribution in [2.24, 2.45) is 0 Å². The van der Waals surface area contributed by atoms with Crippen molar-refractivity contribution in [3.63, 3.8) is 0 Å². The summed E-state index contributed by atoms with van der Waals surface area (Å²) in [7, 11) is 0. The molecule has 1 rings (SSSR count). The van der Waals surface area contributed by atoms with Crippen molar-refractivity contribution in [2.75, 3.05) is 6.61 Å². The highest BCUT2D eigenvalue weighted by atomic mass is 35.5. The fraction of sp³-hybridized carbons (Fsp3) is 0.182. The van der Waals surface area contributed by atoms with E-state index >= 15 is 0 Å². The van der Waals surface area contributed by atoms with Crippen molar-refractivity contribution in [3.8, 4) is 5.75 Å². The normalized spacial score (nSPS) is 10.7. The summed E-state index contributed by atoms with van der Waals surface area (Å²) < 4.78 is 4.71. The summed E-state index contributed by atoms with van der Waals surface area (Å²) in [6, 6.07) is 2.96. The lowest BCUT2D eigenvalue weighted by molar-refractivity contribution is -0.137. The number of benzene rings is 1. The highest BCUT2D eigenvalue weighted by Gasteiger charge is 2.07. The molecular weight excluding hydrogens is 251 g/mol. The number of halogens is 2. The van der Waals surface area contributed by atoms with E-state index in [1.807, 2.05) is 0 Å². The van der Waals surface area contributed by atoms with Crippen LogP contribution in [0, 0.1) is 0 Å². The summed E-state index contributed by atoms with van der Waals surface area (Å²) in [6.07, 6.45) is 2.73. The molecule has 0 saturated heterocycles. The van der Waals surface area contributed by atoms with E-state index in [1.54, 1.807) is 13.0 Å². The monoisotopic (exact) mass is 260 g/mol. The quantitative estimate of drug-likeness (QED) is 0.670. The molecule has 0 unspecified atom stereocenters. The number of phenolic OH excluding ortho intramolecular Hbond substituents is 1.